The van der Waals surface area contributed by atoms with Crippen LogP contribution >= 0.6 is 11.8 Å². The summed E-state index contributed by atoms with van der Waals surface area (Å²) in [4.78, 5) is 26.7. The second kappa shape index (κ2) is 7.03. The summed E-state index contributed by atoms with van der Waals surface area (Å²) in [5.74, 6) is 0.895. The van der Waals surface area contributed by atoms with Crippen LogP contribution in [0.25, 0.3) is 6.08 Å². The number of hydrogen-bond donors (Lipinski definition) is 0. The van der Waals surface area contributed by atoms with Crippen LogP contribution in [0.4, 0.5) is 10.5 Å². The average molecular weight is 355 g/mol. The molecule has 0 spiro atoms. The molecule has 128 valence electrons. The maximum atomic E-state index is 12.7. The van der Waals surface area contributed by atoms with E-state index in [9.17, 15) is 9.59 Å². The summed E-state index contributed by atoms with van der Waals surface area (Å²) in [6, 6.07) is 12.6. The molecule has 6 heteroatoms. The lowest BCUT2D eigenvalue weighted by atomic mass is 10.1. The zero-order valence-corrected chi connectivity index (χ0v) is 14.9. The van der Waals surface area contributed by atoms with Crippen molar-refractivity contribution in [2.75, 3.05) is 19.1 Å². The van der Waals surface area contributed by atoms with Gasteiger partial charge in [0.25, 0.3) is 11.1 Å². The van der Waals surface area contributed by atoms with E-state index in [4.69, 9.17) is 9.47 Å². The zero-order chi connectivity index (χ0) is 18.0. The number of amides is 2. The van der Waals surface area contributed by atoms with Gasteiger partial charge in [0.15, 0.2) is 0 Å². The molecule has 0 aromatic heterocycles. The second-order valence-corrected chi connectivity index (χ2v) is 6.40. The number of para-hydroxylation sites is 1. The van der Waals surface area contributed by atoms with Gasteiger partial charge in [-0.3, -0.25) is 9.59 Å². The number of imide groups is 1. The molecule has 0 atom stereocenters. The first-order chi connectivity index (χ1) is 12.0. The van der Waals surface area contributed by atoms with Crippen LogP contribution in [-0.4, -0.2) is 25.4 Å². The predicted octanol–water partition coefficient (Wildman–Crippen LogP) is 4.25. The van der Waals surface area contributed by atoms with Crippen molar-refractivity contribution < 1.29 is 19.1 Å². The molecular formula is C19H17NO4S. The molecule has 0 unspecified atom stereocenters. The van der Waals surface area contributed by atoms with Crippen molar-refractivity contribution in [2.24, 2.45) is 0 Å². The number of rotatable bonds is 4. The number of ether oxygens (including phenoxy) is 2. The Labute approximate surface area is 150 Å². The largest absolute Gasteiger partial charge is 0.497 e. The van der Waals surface area contributed by atoms with Gasteiger partial charge in [0, 0.05) is 11.6 Å². The van der Waals surface area contributed by atoms with Crippen LogP contribution < -0.4 is 14.4 Å². The lowest BCUT2D eigenvalue weighted by molar-refractivity contribution is -0.113. The third-order valence-corrected chi connectivity index (χ3v) is 4.75. The fourth-order valence-electron chi connectivity index (χ4n) is 2.57. The third kappa shape index (κ3) is 3.25. The zero-order valence-electron chi connectivity index (χ0n) is 14.1. The SMILES string of the molecule is COc1ccc(/C=C2\SC(=O)N(c3ccccc3C)C2=O)c(OC)c1. The van der Waals surface area contributed by atoms with Crippen molar-refractivity contribution in [3.63, 3.8) is 0 Å². The summed E-state index contributed by atoms with van der Waals surface area (Å²) in [6.45, 7) is 1.87. The van der Waals surface area contributed by atoms with E-state index in [0.29, 0.717) is 27.7 Å². The number of aryl methyl sites for hydroxylation is 1. The Morgan fingerprint density at radius 2 is 1.80 bits per heavy atom. The minimum Gasteiger partial charge on any atom is -0.497 e. The normalized spacial score (nSPS) is 15.8. The van der Waals surface area contributed by atoms with Gasteiger partial charge < -0.3 is 9.47 Å². The monoisotopic (exact) mass is 355 g/mol. The first-order valence-corrected chi connectivity index (χ1v) is 8.42. The molecule has 1 heterocycles. The third-order valence-electron chi connectivity index (χ3n) is 3.88. The quantitative estimate of drug-likeness (QED) is 0.767. The van der Waals surface area contributed by atoms with Gasteiger partial charge in [-0.1, -0.05) is 18.2 Å². The fourth-order valence-corrected chi connectivity index (χ4v) is 3.39. The molecule has 2 aromatic rings. The van der Waals surface area contributed by atoms with Gasteiger partial charge >= 0.3 is 0 Å². The van der Waals surface area contributed by atoms with Gasteiger partial charge in [0.1, 0.15) is 11.5 Å². The van der Waals surface area contributed by atoms with E-state index in [0.717, 1.165) is 17.3 Å². The van der Waals surface area contributed by atoms with E-state index in [1.54, 1.807) is 44.6 Å². The predicted molar refractivity (Wildman–Crippen MR) is 99.2 cm³/mol. The van der Waals surface area contributed by atoms with Gasteiger partial charge in [0.05, 0.1) is 24.8 Å². The maximum absolute atomic E-state index is 12.7. The van der Waals surface area contributed by atoms with Gasteiger partial charge in [-0.15, -0.1) is 0 Å². The number of nitrogens with zero attached hydrogens (tertiary/aromatic N) is 1. The summed E-state index contributed by atoms with van der Waals surface area (Å²) >= 11 is 0.921. The van der Waals surface area contributed by atoms with Crippen molar-refractivity contribution in [1.82, 2.24) is 0 Å². The van der Waals surface area contributed by atoms with E-state index in [2.05, 4.69) is 0 Å². The first-order valence-electron chi connectivity index (χ1n) is 7.60. The minimum absolute atomic E-state index is 0.307. The Morgan fingerprint density at radius 1 is 1.04 bits per heavy atom. The minimum atomic E-state index is -0.331. The molecule has 1 aliphatic heterocycles. The Kier molecular flexibility index (Phi) is 4.81. The highest BCUT2D eigenvalue weighted by atomic mass is 32.2. The van der Waals surface area contributed by atoms with Gasteiger partial charge in [-0.25, -0.2) is 4.90 Å². The van der Waals surface area contributed by atoms with Crippen molar-refractivity contribution >= 4 is 34.7 Å². The molecule has 1 aliphatic rings. The van der Waals surface area contributed by atoms with Crippen LogP contribution in [0.5, 0.6) is 11.5 Å². The Balaban J connectivity index is 1.97. The van der Waals surface area contributed by atoms with E-state index in [-0.39, 0.29) is 11.1 Å². The molecule has 0 aliphatic carbocycles. The van der Waals surface area contributed by atoms with Crippen LogP contribution in [0.1, 0.15) is 11.1 Å². The van der Waals surface area contributed by atoms with Crippen molar-refractivity contribution in [3.05, 3.63) is 58.5 Å². The molecule has 1 fully saturated rings. The number of benzene rings is 2. The Hall–Kier alpha value is -2.73. The Bertz CT molecular complexity index is 875. The van der Waals surface area contributed by atoms with E-state index in [1.165, 1.54) is 4.90 Å². The average Bonchev–Trinajstić information content (AvgIpc) is 2.89. The highest BCUT2D eigenvalue weighted by molar-refractivity contribution is 8.19. The molecule has 0 saturated carbocycles. The fraction of sp³-hybridized carbons (Fsp3) is 0.158. The molecule has 25 heavy (non-hydrogen) atoms. The van der Waals surface area contributed by atoms with E-state index < -0.39 is 0 Å². The number of carbonyl (C=O) groups excluding carboxylic acids is 2. The standard InChI is InChI=1S/C19H17NO4S/c1-12-6-4-5-7-15(12)20-18(21)17(25-19(20)22)10-13-8-9-14(23-2)11-16(13)24-3/h4-11H,1-3H3/b17-10-. The van der Waals surface area contributed by atoms with Crippen LogP contribution in [0, 0.1) is 6.92 Å². The molecule has 0 radical (unpaired) electrons. The highest BCUT2D eigenvalue weighted by Crippen LogP contribution is 2.38. The van der Waals surface area contributed by atoms with Crippen LogP contribution in [0.15, 0.2) is 47.4 Å². The van der Waals surface area contributed by atoms with Gasteiger partial charge in [0.2, 0.25) is 0 Å². The van der Waals surface area contributed by atoms with Gasteiger partial charge in [-0.05, 0) is 48.5 Å². The Morgan fingerprint density at radius 3 is 2.48 bits per heavy atom. The van der Waals surface area contributed by atoms with Crippen molar-refractivity contribution in [3.8, 4) is 11.5 Å². The lowest BCUT2D eigenvalue weighted by Gasteiger charge is -2.14. The number of methoxy groups -OCH3 is 2. The topological polar surface area (TPSA) is 55.8 Å². The van der Waals surface area contributed by atoms with Crippen LogP contribution in [0.3, 0.4) is 0 Å². The first kappa shape index (κ1) is 17.1. The summed E-state index contributed by atoms with van der Waals surface area (Å²) < 4.78 is 10.5. The van der Waals surface area contributed by atoms with Crippen molar-refractivity contribution in [2.45, 2.75) is 6.92 Å². The summed E-state index contributed by atoms with van der Waals surface area (Å²) in [6.07, 6.45) is 1.67. The smallest absolute Gasteiger partial charge is 0.298 e. The molecule has 2 amide bonds. The maximum Gasteiger partial charge on any atom is 0.298 e. The molecule has 2 aromatic carbocycles. The molecule has 0 N–H and O–H groups in total. The summed E-state index contributed by atoms with van der Waals surface area (Å²) in [5.41, 5.74) is 2.18. The number of hydrogen-bond acceptors (Lipinski definition) is 5. The van der Waals surface area contributed by atoms with Crippen LogP contribution in [0.2, 0.25) is 0 Å². The van der Waals surface area contributed by atoms with Gasteiger partial charge in [-0.2, -0.15) is 0 Å². The highest BCUT2D eigenvalue weighted by Gasteiger charge is 2.37. The molecule has 0 bridgehead atoms. The van der Waals surface area contributed by atoms with E-state index >= 15 is 0 Å². The van der Waals surface area contributed by atoms with E-state index in [1.807, 2.05) is 25.1 Å². The number of carbonyl (C=O) groups is 2. The molecule has 1 saturated heterocycles. The second-order valence-electron chi connectivity index (χ2n) is 5.41. The lowest BCUT2D eigenvalue weighted by Crippen LogP contribution is -2.28. The molecule has 3 rings (SSSR count). The molecule has 5 nitrogen and oxygen atoms in total. The summed E-state index contributed by atoms with van der Waals surface area (Å²) in [5, 5.41) is -0.307. The summed E-state index contributed by atoms with van der Waals surface area (Å²) in [7, 11) is 3.12. The number of anilines is 1. The van der Waals surface area contributed by atoms with Crippen LogP contribution in [-0.2, 0) is 4.79 Å². The van der Waals surface area contributed by atoms with Crippen molar-refractivity contribution in [1.29, 1.82) is 0 Å². The number of thioether (sulfide) groups is 1. The molecular weight excluding hydrogens is 338 g/mol.